The number of nitrogens with zero attached hydrogens (tertiary/aromatic N) is 4. The molecule has 0 aliphatic rings. The highest BCUT2D eigenvalue weighted by molar-refractivity contribution is 6.02. The third-order valence-corrected chi connectivity index (χ3v) is 4.35. The molecule has 8 nitrogen and oxygen atoms in total. The van der Waals surface area contributed by atoms with Crippen molar-refractivity contribution in [2.45, 2.75) is 39.2 Å². The molecule has 0 unspecified atom stereocenters. The number of aryl methyl sites for hydroxylation is 1. The maximum absolute atomic E-state index is 12.4. The molecular formula is C21H25N7O. The summed E-state index contributed by atoms with van der Waals surface area (Å²) in [6, 6.07) is 7.17. The first-order valence-corrected chi connectivity index (χ1v) is 9.67. The second-order valence-electron chi connectivity index (χ2n) is 6.63. The van der Waals surface area contributed by atoms with Gasteiger partial charge in [0.25, 0.3) is 5.91 Å². The lowest BCUT2D eigenvalue weighted by Gasteiger charge is -2.09. The molecule has 150 valence electrons. The summed E-state index contributed by atoms with van der Waals surface area (Å²) < 4.78 is 0. The minimum atomic E-state index is -0.306. The molecule has 3 aromatic heterocycles. The van der Waals surface area contributed by atoms with Crippen molar-refractivity contribution in [2.75, 3.05) is 16.4 Å². The van der Waals surface area contributed by atoms with Crippen molar-refractivity contribution in [3.8, 4) is 0 Å². The van der Waals surface area contributed by atoms with E-state index in [1.54, 1.807) is 36.8 Å². The number of unbranched alkanes of at least 4 members (excludes halogenated alkanes) is 2. The molecule has 0 fully saturated rings. The molecule has 29 heavy (non-hydrogen) atoms. The normalized spacial score (nSPS) is 10.5. The van der Waals surface area contributed by atoms with E-state index in [0.29, 0.717) is 18.1 Å². The number of carbonyl (C=O) groups excluding carboxylic acids is 1. The van der Waals surface area contributed by atoms with E-state index in [0.717, 1.165) is 42.8 Å². The van der Waals surface area contributed by atoms with Crippen LogP contribution in [0.3, 0.4) is 0 Å². The molecule has 0 saturated heterocycles. The van der Waals surface area contributed by atoms with Gasteiger partial charge in [0.05, 0.1) is 29.8 Å². The Morgan fingerprint density at radius 3 is 2.69 bits per heavy atom. The fraction of sp³-hybridized carbons (Fsp3) is 0.286. The van der Waals surface area contributed by atoms with Gasteiger partial charge in [-0.3, -0.25) is 14.8 Å². The summed E-state index contributed by atoms with van der Waals surface area (Å²) in [5, 5.41) is 6.02. The average molecular weight is 391 g/mol. The zero-order valence-electron chi connectivity index (χ0n) is 16.4. The Bertz CT molecular complexity index is 944. The lowest BCUT2D eigenvalue weighted by Crippen LogP contribution is -2.15. The summed E-state index contributed by atoms with van der Waals surface area (Å²) in [4.78, 5) is 29.4. The summed E-state index contributed by atoms with van der Waals surface area (Å²) in [5.41, 5.74) is 9.13. The lowest BCUT2D eigenvalue weighted by atomic mass is 10.2. The predicted octanol–water partition coefficient (Wildman–Crippen LogP) is 3.45. The third-order valence-electron chi connectivity index (χ3n) is 4.35. The topological polar surface area (TPSA) is 119 Å². The lowest BCUT2D eigenvalue weighted by molar-refractivity contribution is 0.102. The van der Waals surface area contributed by atoms with Gasteiger partial charge in [0.15, 0.2) is 0 Å². The van der Waals surface area contributed by atoms with Crippen LogP contribution in [0.25, 0.3) is 0 Å². The zero-order valence-corrected chi connectivity index (χ0v) is 16.4. The van der Waals surface area contributed by atoms with E-state index in [-0.39, 0.29) is 11.6 Å². The van der Waals surface area contributed by atoms with E-state index in [4.69, 9.17) is 5.73 Å². The minimum Gasteiger partial charge on any atom is -0.382 e. The van der Waals surface area contributed by atoms with Gasteiger partial charge in [0, 0.05) is 24.3 Å². The van der Waals surface area contributed by atoms with E-state index in [1.165, 1.54) is 6.20 Å². The number of carbonyl (C=O) groups is 1. The summed E-state index contributed by atoms with van der Waals surface area (Å²) in [6.45, 7) is 2.61. The number of hydrogen-bond acceptors (Lipinski definition) is 7. The first-order chi connectivity index (χ1) is 14.2. The number of hydrogen-bond donors (Lipinski definition) is 3. The average Bonchev–Trinajstić information content (AvgIpc) is 2.74. The maximum Gasteiger partial charge on any atom is 0.275 e. The Morgan fingerprint density at radius 2 is 1.93 bits per heavy atom. The Morgan fingerprint density at radius 1 is 1.03 bits per heavy atom. The Hall–Kier alpha value is -3.55. The van der Waals surface area contributed by atoms with Crippen LogP contribution in [0.15, 0.2) is 49.1 Å². The molecule has 0 aromatic carbocycles. The van der Waals surface area contributed by atoms with E-state index in [9.17, 15) is 4.79 Å². The molecule has 3 heterocycles. The predicted molar refractivity (Wildman–Crippen MR) is 113 cm³/mol. The Labute approximate surface area is 170 Å². The van der Waals surface area contributed by atoms with Crippen molar-refractivity contribution in [1.82, 2.24) is 19.9 Å². The van der Waals surface area contributed by atoms with Crippen LogP contribution in [-0.2, 0) is 13.0 Å². The summed E-state index contributed by atoms with van der Waals surface area (Å²) in [7, 11) is 0. The molecular weight excluding hydrogens is 366 g/mol. The largest absolute Gasteiger partial charge is 0.382 e. The monoisotopic (exact) mass is 391 g/mol. The molecule has 4 N–H and O–H groups in total. The van der Waals surface area contributed by atoms with Gasteiger partial charge in [-0.15, -0.1) is 0 Å². The van der Waals surface area contributed by atoms with Gasteiger partial charge in [-0.05, 0) is 37.1 Å². The zero-order chi connectivity index (χ0) is 20.5. The quantitative estimate of drug-likeness (QED) is 0.478. The minimum absolute atomic E-state index is 0.281. The van der Waals surface area contributed by atoms with Crippen LogP contribution < -0.4 is 16.4 Å². The molecule has 1 amide bonds. The molecule has 8 heteroatoms. The molecule has 0 spiro atoms. The molecule has 0 aliphatic heterocycles. The SMILES string of the molecule is CCCCCc1cnc(C(=O)Nc2ccnc(CNc3cccnc3N)c2)cn1. The molecule has 0 bridgehead atoms. The highest BCUT2D eigenvalue weighted by Crippen LogP contribution is 2.16. The van der Waals surface area contributed by atoms with Gasteiger partial charge < -0.3 is 16.4 Å². The second kappa shape index (κ2) is 10.1. The number of anilines is 3. The van der Waals surface area contributed by atoms with Crippen LogP contribution in [0, 0.1) is 0 Å². The van der Waals surface area contributed by atoms with E-state index in [2.05, 4.69) is 37.5 Å². The molecule has 0 aliphatic carbocycles. The fourth-order valence-electron chi connectivity index (χ4n) is 2.76. The molecule has 0 saturated carbocycles. The van der Waals surface area contributed by atoms with E-state index in [1.807, 2.05) is 6.07 Å². The standard InChI is InChI=1S/C21H25N7O/c1-2-3-4-6-16-12-27-19(14-25-16)21(29)28-15-8-10-23-17(11-15)13-26-18-7-5-9-24-20(18)22/h5,7-12,14,26H,2-4,6,13H2,1H3,(H2,22,24)(H,23,28,29). The van der Waals surface area contributed by atoms with Gasteiger partial charge >= 0.3 is 0 Å². The number of amides is 1. The summed E-state index contributed by atoms with van der Waals surface area (Å²) in [5.74, 6) is 0.118. The smallest absolute Gasteiger partial charge is 0.275 e. The van der Waals surface area contributed by atoms with Crippen LogP contribution in [0.5, 0.6) is 0 Å². The number of aromatic nitrogens is 4. The van der Waals surface area contributed by atoms with Gasteiger partial charge in [-0.25, -0.2) is 9.97 Å². The van der Waals surface area contributed by atoms with Crippen molar-refractivity contribution >= 4 is 23.1 Å². The van der Waals surface area contributed by atoms with E-state index < -0.39 is 0 Å². The number of rotatable bonds is 9. The Kier molecular flexibility index (Phi) is 7.05. The maximum atomic E-state index is 12.4. The van der Waals surface area contributed by atoms with Crippen LogP contribution in [-0.4, -0.2) is 25.8 Å². The number of nitrogens with two attached hydrogens (primary N) is 1. The van der Waals surface area contributed by atoms with Crippen LogP contribution in [0.4, 0.5) is 17.2 Å². The summed E-state index contributed by atoms with van der Waals surface area (Å²) >= 11 is 0. The Balaban J connectivity index is 1.58. The van der Waals surface area contributed by atoms with Gasteiger partial charge in [-0.2, -0.15) is 0 Å². The van der Waals surface area contributed by atoms with Gasteiger partial charge in [0.1, 0.15) is 11.5 Å². The number of pyridine rings is 2. The highest BCUT2D eigenvalue weighted by atomic mass is 16.1. The van der Waals surface area contributed by atoms with Crippen molar-refractivity contribution in [1.29, 1.82) is 0 Å². The van der Waals surface area contributed by atoms with Crippen LogP contribution in [0.2, 0.25) is 0 Å². The van der Waals surface area contributed by atoms with Crippen LogP contribution in [0.1, 0.15) is 48.1 Å². The fourth-order valence-corrected chi connectivity index (χ4v) is 2.76. The van der Waals surface area contributed by atoms with Crippen molar-refractivity contribution < 1.29 is 4.79 Å². The van der Waals surface area contributed by atoms with Gasteiger partial charge in [-0.1, -0.05) is 19.8 Å². The molecule has 3 aromatic rings. The van der Waals surface area contributed by atoms with Crippen LogP contribution >= 0.6 is 0 Å². The first-order valence-electron chi connectivity index (χ1n) is 9.67. The molecule has 3 rings (SSSR count). The molecule has 0 atom stereocenters. The second-order valence-corrected chi connectivity index (χ2v) is 6.63. The van der Waals surface area contributed by atoms with E-state index >= 15 is 0 Å². The number of nitrogen functional groups attached to an aromatic ring is 1. The van der Waals surface area contributed by atoms with Crippen molar-refractivity contribution in [3.05, 3.63) is 66.1 Å². The highest BCUT2D eigenvalue weighted by Gasteiger charge is 2.09. The summed E-state index contributed by atoms with van der Waals surface area (Å²) in [6.07, 6.45) is 10.7. The van der Waals surface area contributed by atoms with Crippen molar-refractivity contribution in [2.24, 2.45) is 0 Å². The third kappa shape index (κ3) is 5.97. The number of nitrogens with one attached hydrogen (secondary N) is 2. The first kappa shape index (κ1) is 20.2. The van der Waals surface area contributed by atoms with Crippen molar-refractivity contribution in [3.63, 3.8) is 0 Å². The molecule has 0 radical (unpaired) electrons. The van der Waals surface area contributed by atoms with Gasteiger partial charge in [0.2, 0.25) is 0 Å².